The van der Waals surface area contributed by atoms with Gasteiger partial charge < -0.3 is 14.0 Å². The molecule has 3 aromatic rings. The molecule has 12 heteroatoms. The molecule has 1 N–H and O–H groups in total. The fourth-order valence-corrected chi connectivity index (χ4v) is 9.45. The molecule has 4 aliphatic rings. The molecule has 0 saturated carbocycles. The summed E-state index contributed by atoms with van der Waals surface area (Å²) in [5.74, 6) is 2.61. The molecular formula is C41H54N6O6. The van der Waals surface area contributed by atoms with Crippen molar-refractivity contribution in [2.45, 2.75) is 77.3 Å². The Kier molecular flexibility index (Phi) is 10.5. The van der Waals surface area contributed by atoms with Crippen molar-refractivity contribution in [1.29, 1.82) is 0 Å². The van der Waals surface area contributed by atoms with Crippen molar-refractivity contribution in [1.82, 2.24) is 28.8 Å². The molecule has 5 heterocycles. The number of para-hydroxylation sites is 1. The third-order valence-electron chi connectivity index (χ3n) is 12.6. The zero-order chi connectivity index (χ0) is 37.6. The first-order valence-corrected chi connectivity index (χ1v) is 19.1. The van der Waals surface area contributed by atoms with E-state index in [0.29, 0.717) is 18.3 Å². The molecule has 284 valence electrons. The van der Waals surface area contributed by atoms with Crippen LogP contribution in [0.3, 0.4) is 0 Å². The van der Waals surface area contributed by atoms with Gasteiger partial charge in [0.05, 0.1) is 25.3 Å². The number of carbonyl (C=O) groups is 2. The molecule has 2 atom stereocenters. The Hall–Kier alpha value is -4.42. The van der Waals surface area contributed by atoms with Crippen LogP contribution in [0.2, 0.25) is 0 Å². The molecule has 53 heavy (non-hydrogen) atoms. The van der Waals surface area contributed by atoms with E-state index in [4.69, 9.17) is 9.47 Å². The van der Waals surface area contributed by atoms with E-state index in [-0.39, 0.29) is 29.5 Å². The molecule has 0 radical (unpaired) electrons. The van der Waals surface area contributed by atoms with Gasteiger partial charge in [-0.15, -0.1) is 0 Å². The lowest BCUT2D eigenvalue weighted by Crippen LogP contribution is -2.44. The van der Waals surface area contributed by atoms with E-state index in [1.165, 1.54) is 12.8 Å². The van der Waals surface area contributed by atoms with E-state index in [0.717, 1.165) is 109 Å². The molecule has 0 spiro atoms. The van der Waals surface area contributed by atoms with Crippen LogP contribution in [-0.4, -0.2) is 82.3 Å². The molecule has 0 bridgehead atoms. The number of benzene rings is 1. The van der Waals surface area contributed by atoms with Gasteiger partial charge in [-0.1, -0.05) is 12.1 Å². The van der Waals surface area contributed by atoms with Gasteiger partial charge in [-0.3, -0.25) is 38.6 Å². The number of nitrogens with zero attached hydrogens (tertiary/aromatic N) is 5. The zero-order valence-corrected chi connectivity index (χ0v) is 32.1. The molecule has 1 aromatic carbocycles. The highest BCUT2D eigenvalue weighted by Crippen LogP contribution is 2.39. The predicted octanol–water partition coefficient (Wildman–Crippen LogP) is 4.18. The van der Waals surface area contributed by atoms with E-state index < -0.39 is 11.9 Å². The molecular weight excluding hydrogens is 672 g/mol. The van der Waals surface area contributed by atoms with Gasteiger partial charge in [0.25, 0.3) is 5.56 Å². The quantitative estimate of drug-likeness (QED) is 0.327. The summed E-state index contributed by atoms with van der Waals surface area (Å²) >= 11 is 0. The van der Waals surface area contributed by atoms with Crippen LogP contribution in [0.1, 0.15) is 79.2 Å². The SMILES string of the molecule is COC1=CC(c2cn(C)c(=O)c(C)c2C)CC(OC)=C1CN1CCC(C2CCN(Cc3cccc4c3n(C)c(=O)n4C3CCC(=O)NC3=O)CC2)CC1. The third-order valence-corrected chi connectivity index (χ3v) is 12.6. The van der Waals surface area contributed by atoms with Crippen molar-refractivity contribution in [3.63, 3.8) is 0 Å². The van der Waals surface area contributed by atoms with Gasteiger partial charge in [0.15, 0.2) is 0 Å². The number of hydrogen-bond donors (Lipinski definition) is 1. The van der Waals surface area contributed by atoms with Crippen LogP contribution in [0.15, 0.2) is 57.2 Å². The van der Waals surface area contributed by atoms with Crippen LogP contribution in [0.4, 0.5) is 0 Å². The van der Waals surface area contributed by atoms with Gasteiger partial charge in [-0.25, -0.2) is 4.79 Å². The highest BCUT2D eigenvalue weighted by Gasteiger charge is 2.34. The minimum Gasteiger partial charge on any atom is -0.501 e. The molecule has 12 nitrogen and oxygen atoms in total. The second kappa shape index (κ2) is 15.1. The summed E-state index contributed by atoms with van der Waals surface area (Å²) < 4.78 is 16.9. The number of imidazole rings is 1. The minimum absolute atomic E-state index is 0.0404. The Balaban J connectivity index is 0.953. The number of aryl methyl sites for hydroxylation is 2. The van der Waals surface area contributed by atoms with Crippen molar-refractivity contribution in [2.24, 2.45) is 25.9 Å². The largest absolute Gasteiger partial charge is 0.501 e. The Morgan fingerprint density at radius 2 is 1.49 bits per heavy atom. The maximum absolute atomic E-state index is 13.4. The Morgan fingerprint density at radius 1 is 0.830 bits per heavy atom. The number of nitrogens with one attached hydrogen (secondary N) is 1. The summed E-state index contributed by atoms with van der Waals surface area (Å²) in [5, 5.41) is 2.40. The molecule has 2 unspecified atom stereocenters. The number of aromatic nitrogens is 3. The standard InChI is InChI=1S/C41H54N6O6/c1-25-26(2)40(50)43(3)23-31(25)30-20-35(52-5)32(36(21-30)53-6)24-46-18-14-28(15-19-46)27-12-16-45(17-13-27)22-29-8-7-9-33-38(29)44(4)41(51)47(33)34-10-11-37(48)42-39(34)49/h7-9,20,23,27-28,30,34H,10-19,21-22,24H2,1-6H3,(H,42,48,49). The number of methoxy groups -OCH3 is 2. The monoisotopic (exact) mass is 726 g/mol. The summed E-state index contributed by atoms with van der Waals surface area (Å²) in [5.41, 5.74) is 6.57. The van der Waals surface area contributed by atoms with E-state index >= 15 is 0 Å². The number of allylic oxidation sites excluding steroid dienone is 2. The average molecular weight is 727 g/mol. The van der Waals surface area contributed by atoms with Crippen LogP contribution < -0.4 is 16.6 Å². The van der Waals surface area contributed by atoms with Gasteiger partial charge in [0, 0.05) is 63.3 Å². The summed E-state index contributed by atoms with van der Waals surface area (Å²) in [4.78, 5) is 55.4. The highest BCUT2D eigenvalue weighted by atomic mass is 16.5. The number of hydrogen-bond acceptors (Lipinski definition) is 8. The van der Waals surface area contributed by atoms with Crippen molar-refractivity contribution < 1.29 is 19.1 Å². The lowest BCUT2D eigenvalue weighted by atomic mass is 9.78. The number of pyridine rings is 1. The summed E-state index contributed by atoms with van der Waals surface area (Å²) in [6, 6.07) is 5.29. The summed E-state index contributed by atoms with van der Waals surface area (Å²) in [7, 11) is 7.07. The van der Waals surface area contributed by atoms with Crippen molar-refractivity contribution in [3.05, 3.63) is 90.7 Å². The van der Waals surface area contributed by atoms with Crippen LogP contribution in [0, 0.1) is 25.7 Å². The van der Waals surface area contributed by atoms with Gasteiger partial charge in [0.2, 0.25) is 11.8 Å². The first kappa shape index (κ1) is 36.9. The first-order chi connectivity index (χ1) is 25.5. The lowest BCUT2D eigenvalue weighted by Gasteiger charge is -2.40. The normalized spacial score (nSPS) is 22.7. The number of piperidine rings is 3. The van der Waals surface area contributed by atoms with Crippen molar-refractivity contribution >= 4 is 22.8 Å². The van der Waals surface area contributed by atoms with Gasteiger partial charge in [-0.05, 0) is 113 Å². The van der Waals surface area contributed by atoms with Crippen LogP contribution >= 0.6 is 0 Å². The van der Waals surface area contributed by atoms with E-state index in [2.05, 4.69) is 27.3 Å². The Labute approximate surface area is 311 Å². The van der Waals surface area contributed by atoms with Gasteiger partial charge in [-0.2, -0.15) is 0 Å². The van der Waals surface area contributed by atoms with Crippen molar-refractivity contribution in [2.75, 3.05) is 46.9 Å². The number of amides is 2. The number of ether oxygens (including phenoxy) is 2. The Bertz CT molecular complexity index is 2090. The number of fused-ring (bicyclic) bond motifs is 1. The molecule has 2 aromatic heterocycles. The maximum atomic E-state index is 13.4. The molecule has 2 amide bonds. The predicted molar refractivity (Wildman–Crippen MR) is 203 cm³/mol. The molecule has 3 aliphatic heterocycles. The minimum atomic E-state index is -0.680. The third kappa shape index (κ3) is 7.03. The lowest BCUT2D eigenvalue weighted by molar-refractivity contribution is -0.135. The fraction of sp³-hybridized carbons (Fsp3) is 0.561. The van der Waals surface area contributed by atoms with E-state index in [1.807, 2.05) is 39.2 Å². The number of imide groups is 1. The molecule has 3 fully saturated rings. The molecule has 1 aliphatic carbocycles. The molecule has 3 saturated heterocycles. The number of rotatable bonds is 9. The van der Waals surface area contributed by atoms with Gasteiger partial charge >= 0.3 is 5.69 Å². The highest BCUT2D eigenvalue weighted by molar-refractivity contribution is 6.00. The first-order valence-electron chi connectivity index (χ1n) is 19.1. The second-order valence-electron chi connectivity index (χ2n) is 15.6. The smallest absolute Gasteiger partial charge is 0.329 e. The van der Waals surface area contributed by atoms with E-state index in [1.54, 1.807) is 35.0 Å². The zero-order valence-electron chi connectivity index (χ0n) is 32.1. The van der Waals surface area contributed by atoms with E-state index in [9.17, 15) is 19.2 Å². The molecule has 7 rings (SSSR count). The number of carbonyl (C=O) groups excluding carboxylic acids is 2. The fourth-order valence-electron chi connectivity index (χ4n) is 9.45. The summed E-state index contributed by atoms with van der Waals surface area (Å²) in [6.45, 7) is 9.61. The van der Waals surface area contributed by atoms with Gasteiger partial charge in [0.1, 0.15) is 17.6 Å². The van der Waals surface area contributed by atoms with Crippen LogP contribution in [-0.2, 0) is 39.7 Å². The Morgan fingerprint density at radius 3 is 2.11 bits per heavy atom. The summed E-state index contributed by atoms with van der Waals surface area (Å²) in [6.07, 6.45) is 10.2. The number of likely N-dealkylation sites (tertiary alicyclic amines) is 2. The average Bonchev–Trinajstić information content (AvgIpc) is 3.42. The van der Waals surface area contributed by atoms with Crippen molar-refractivity contribution in [3.8, 4) is 0 Å². The second-order valence-corrected chi connectivity index (χ2v) is 15.6. The topological polar surface area (TPSA) is 120 Å². The maximum Gasteiger partial charge on any atom is 0.329 e. The van der Waals surface area contributed by atoms with Crippen LogP contribution in [0.5, 0.6) is 0 Å². The van der Waals surface area contributed by atoms with Crippen LogP contribution in [0.25, 0.3) is 11.0 Å².